The molecule has 98 valence electrons. The summed E-state index contributed by atoms with van der Waals surface area (Å²) in [5.74, 6) is 0. The van der Waals surface area contributed by atoms with Crippen molar-refractivity contribution in [1.29, 1.82) is 0 Å². The van der Waals surface area contributed by atoms with Crippen LogP contribution in [0.5, 0.6) is 0 Å². The molecule has 2 rings (SSSR count). The van der Waals surface area contributed by atoms with Crippen molar-refractivity contribution in [2.75, 3.05) is 10.6 Å². The van der Waals surface area contributed by atoms with Gasteiger partial charge < -0.3 is 0 Å². The zero-order valence-corrected chi connectivity index (χ0v) is 13.2. The molecule has 0 saturated heterocycles. The van der Waals surface area contributed by atoms with E-state index in [4.69, 9.17) is 0 Å². The van der Waals surface area contributed by atoms with E-state index in [0.29, 0.717) is 0 Å². The summed E-state index contributed by atoms with van der Waals surface area (Å²) in [5, 5.41) is 0. The van der Waals surface area contributed by atoms with Crippen LogP contribution in [0.3, 0.4) is 0 Å². The Morgan fingerprint density at radius 2 is 2.06 bits per heavy atom. The first kappa shape index (κ1) is 13.9. The molecule has 1 unspecified atom stereocenters. The molecule has 0 heterocycles. The highest BCUT2D eigenvalue weighted by atomic mass is 127. The van der Waals surface area contributed by atoms with Gasteiger partial charge in [0.1, 0.15) is 0 Å². The van der Waals surface area contributed by atoms with Gasteiger partial charge in [-0.05, 0) is 54.0 Å². The molecule has 0 aliphatic heterocycles. The predicted molar refractivity (Wildman–Crippen MR) is 83.3 cm³/mol. The van der Waals surface area contributed by atoms with Crippen LogP contribution in [0.1, 0.15) is 19.3 Å². The van der Waals surface area contributed by atoms with Crippen LogP contribution in [0.15, 0.2) is 36.4 Å². The summed E-state index contributed by atoms with van der Waals surface area (Å²) in [6.45, 7) is 0. The Bertz CT molecular complexity index is 554. The number of nitrogens with zero attached hydrogens (tertiary/aromatic N) is 1. The van der Waals surface area contributed by atoms with Gasteiger partial charge in [0.25, 0.3) is 0 Å². The number of rotatable bonds is 3. The van der Waals surface area contributed by atoms with E-state index < -0.39 is 10.0 Å². The third kappa shape index (κ3) is 3.06. The summed E-state index contributed by atoms with van der Waals surface area (Å²) < 4.78 is 26.6. The van der Waals surface area contributed by atoms with Gasteiger partial charge in [0.05, 0.1) is 18.0 Å². The third-order valence-electron chi connectivity index (χ3n) is 2.98. The van der Waals surface area contributed by atoms with Crippen molar-refractivity contribution in [3.05, 3.63) is 40.0 Å². The lowest BCUT2D eigenvalue weighted by Gasteiger charge is -2.32. The number of allylic oxidation sites excluding steroid dienone is 1. The summed E-state index contributed by atoms with van der Waals surface area (Å²) in [4.78, 5) is 0. The molecule has 1 aliphatic rings. The highest BCUT2D eigenvalue weighted by molar-refractivity contribution is 14.1. The molecular formula is C13H16INO2S. The predicted octanol–water partition coefficient (Wildman–Crippen LogP) is 3.17. The lowest BCUT2D eigenvalue weighted by Crippen LogP contribution is -2.39. The highest BCUT2D eigenvalue weighted by Gasteiger charge is 2.27. The van der Waals surface area contributed by atoms with E-state index in [-0.39, 0.29) is 6.04 Å². The van der Waals surface area contributed by atoms with E-state index in [1.807, 2.05) is 30.3 Å². The highest BCUT2D eigenvalue weighted by Crippen LogP contribution is 2.29. The molecule has 0 N–H and O–H groups in total. The molecule has 0 amide bonds. The molecule has 1 aromatic rings. The van der Waals surface area contributed by atoms with Crippen LogP contribution in [0.4, 0.5) is 5.69 Å². The van der Waals surface area contributed by atoms with Gasteiger partial charge in [-0.1, -0.05) is 24.3 Å². The van der Waals surface area contributed by atoms with Crippen molar-refractivity contribution < 1.29 is 8.42 Å². The summed E-state index contributed by atoms with van der Waals surface area (Å²) >= 11 is 2.18. The Morgan fingerprint density at radius 3 is 2.61 bits per heavy atom. The average molecular weight is 377 g/mol. The van der Waals surface area contributed by atoms with Gasteiger partial charge in [-0.3, -0.25) is 4.31 Å². The normalized spacial score (nSPS) is 19.8. The molecule has 18 heavy (non-hydrogen) atoms. The Labute approximate surface area is 122 Å². The second-order valence-corrected chi connectivity index (χ2v) is 7.46. The largest absolute Gasteiger partial charge is 0.263 e. The minimum atomic E-state index is -3.26. The second-order valence-electron chi connectivity index (χ2n) is 4.44. The van der Waals surface area contributed by atoms with Crippen molar-refractivity contribution >= 4 is 38.3 Å². The standard InChI is InChI=1S/C13H16INO2S/c1-18(16,17)15(11-7-3-2-4-8-11)13-10-6-5-9-12(13)14/h3,5-7,9-11H,2,4,8H2,1H3. The van der Waals surface area contributed by atoms with Crippen LogP contribution in [0, 0.1) is 3.57 Å². The van der Waals surface area contributed by atoms with Crippen LogP contribution in [-0.2, 0) is 10.0 Å². The quantitative estimate of drug-likeness (QED) is 0.600. The van der Waals surface area contributed by atoms with Crippen molar-refractivity contribution in [1.82, 2.24) is 0 Å². The Hall–Kier alpha value is -0.560. The fourth-order valence-corrected chi connectivity index (χ4v) is 4.22. The fraction of sp³-hybridized carbons (Fsp3) is 0.385. The molecule has 0 spiro atoms. The van der Waals surface area contributed by atoms with E-state index in [9.17, 15) is 8.42 Å². The zero-order chi connectivity index (χ0) is 13.2. The molecule has 0 aromatic heterocycles. The van der Waals surface area contributed by atoms with Crippen LogP contribution in [-0.4, -0.2) is 20.7 Å². The van der Waals surface area contributed by atoms with Crippen LogP contribution < -0.4 is 4.31 Å². The second kappa shape index (κ2) is 5.61. The van der Waals surface area contributed by atoms with Crippen LogP contribution in [0.25, 0.3) is 0 Å². The SMILES string of the molecule is CS(=O)(=O)N(c1ccccc1I)C1C=CCCC1. The summed E-state index contributed by atoms with van der Waals surface area (Å²) in [5.41, 5.74) is 0.775. The Morgan fingerprint density at radius 1 is 1.33 bits per heavy atom. The van der Waals surface area contributed by atoms with Crippen molar-refractivity contribution in [2.24, 2.45) is 0 Å². The Kier molecular flexibility index (Phi) is 4.32. The lowest BCUT2D eigenvalue weighted by molar-refractivity contribution is 0.576. The van der Waals surface area contributed by atoms with E-state index in [0.717, 1.165) is 28.5 Å². The van der Waals surface area contributed by atoms with Gasteiger partial charge in [-0.15, -0.1) is 0 Å². The summed E-state index contributed by atoms with van der Waals surface area (Å²) in [6, 6.07) is 7.54. The van der Waals surface area contributed by atoms with E-state index in [1.54, 1.807) is 4.31 Å². The zero-order valence-electron chi connectivity index (χ0n) is 10.2. The Balaban J connectivity index is 2.47. The fourth-order valence-electron chi connectivity index (χ4n) is 2.22. The molecule has 3 nitrogen and oxygen atoms in total. The number of anilines is 1. The van der Waals surface area contributed by atoms with Gasteiger partial charge in [-0.2, -0.15) is 0 Å². The smallest absolute Gasteiger partial charge is 0.232 e. The molecule has 0 saturated carbocycles. The van der Waals surface area contributed by atoms with Gasteiger partial charge in [0, 0.05) is 3.57 Å². The minimum Gasteiger partial charge on any atom is -0.263 e. The lowest BCUT2D eigenvalue weighted by atomic mass is 10.0. The first-order valence-corrected chi connectivity index (χ1v) is 8.83. The number of benzene rings is 1. The van der Waals surface area contributed by atoms with Crippen molar-refractivity contribution in [3.63, 3.8) is 0 Å². The molecule has 0 fully saturated rings. The molecule has 1 atom stereocenters. The molecule has 0 bridgehead atoms. The molecule has 1 aliphatic carbocycles. The van der Waals surface area contributed by atoms with Gasteiger partial charge in [0.15, 0.2) is 0 Å². The van der Waals surface area contributed by atoms with Gasteiger partial charge in [-0.25, -0.2) is 8.42 Å². The van der Waals surface area contributed by atoms with Crippen molar-refractivity contribution in [2.45, 2.75) is 25.3 Å². The van der Waals surface area contributed by atoms with Crippen LogP contribution >= 0.6 is 22.6 Å². The number of hydrogen-bond acceptors (Lipinski definition) is 2. The van der Waals surface area contributed by atoms with Crippen molar-refractivity contribution in [3.8, 4) is 0 Å². The van der Waals surface area contributed by atoms with E-state index in [1.165, 1.54) is 6.26 Å². The summed E-state index contributed by atoms with van der Waals surface area (Å²) in [7, 11) is -3.26. The molecular weight excluding hydrogens is 361 g/mol. The van der Waals surface area contributed by atoms with E-state index >= 15 is 0 Å². The average Bonchev–Trinajstić information content (AvgIpc) is 2.32. The topological polar surface area (TPSA) is 37.4 Å². The summed E-state index contributed by atoms with van der Waals surface area (Å²) in [6.07, 6.45) is 8.32. The van der Waals surface area contributed by atoms with E-state index in [2.05, 4.69) is 28.7 Å². The first-order valence-electron chi connectivity index (χ1n) is 5.91. The minimum absolute atomic E-state index is 0.0512. The molecule has 1 aromatic carbocycles. The maximum atomic E-state index is 12.1. The number of para-hydroxylation sites is 1. The molecule has 0 radical (unpaired) electrons. The third-order valence-corrected chi connectivity index (χ3v) is 5.07. The maximum Gasteiger partial charge on any atom is 0.232 e. The number of sulfonamides is 1. The van der Waals surface area contributed by atoms with Gasteiger partial charge >= 0.3 is 0 Å². The molecule has 5 heteroatoms. The maximum absolute atomic E-state index is 12.1. The first-order chi connectivity index (χ1) is 8.50. The van der Waals surface area contributed by atoms with Gasteiger partial charge in [0.2, 0.25) is 10.0 Å². The number of hydrogen-bond donors (Lipinski definition) is 0. The van der Waals surface area contributed by atoms with Crippen LogP contribution in [0.2, 0.25) is 0 Å². The monoisotopic (exact) mass is 377 g/mol. The number of halogens is 1.